The van der Waals surface area contributed by atoms with Crippen LogP contribution in [-0.4, -0.2) is 44.4 Å². The predicted octanol–water partition coefficient (Wildman–Crippen LogP) is 5.28. The molecule has 1 aliphatic heterocycles. The van der Waals surface area contributed by atoms with E-state index in [-0.39, 0.29) is 0 Å². The van der Waals surface area contributed by atoms with Crippen molar-refractivity contribution in [3.63, 3.8) is 0 Å². The summed E-state index contributed by atoms with van der Waals surface area (Å²) in [5, 5.41) is 7.00. The van der Waals surface area contributed by atoms with Gasteiger partial charge in [-0.1, -0.05) is 54.3 Å². The highest BCUT2D eigenvalue weighted by atomic mass is 16.5. The number of methoxy groups -OCH3 is 2. The Morgan fingerprint density at radius 3 is 2.09 bits per heavy atom. The number of hydrogen-bond donors (Lipinski definition) is 1. The lowest BCUT2D eigenvalue weighted by molar-refractivity contribution is 0.309. The number of hydrogen-bond acceptors (Lipinski definition) is 4. The maximum Gasteiger partial charge on any atom is 0.128 e. The standard InChI is InChI=1S/C28H29NO2.CH4O/c1-21-23(12-9-13-25(21)24-10-5-4-6-11-24)15-14-22-18-27(30-2)26(28(19-22)31-3)20-29-16-7-8-17-29;1-2/h4-6,9-13,18-19H,7-8,16-17,20H2,1-3H3;2H,1H3. The first-order valence-electron chi connectivity index (χ1n) is 11.3. The van der Waals surface area contributed by atoms with Crippen molar-refractivity contribution in [3.05, 3.63) is 82.9 Å². The smallest absolute Gasteiger partial charge is 0.128 e. The summed E-state index contributed by atoms with van der Waals surface area (Å²) >= 11 is 0. The zero-order valence-corrected chi connectivity index (χ0v) is 20.0. The van der Waals surface area contributed by atoms with Gasteiger partial charge in [-0.3, -0.25) is 4.90 Å². The Morgan fingerprint density at radius 1 is 0.848 bits per heavy atom. The van der Waals surface area contributed by atoms with Gasteiger partial charge >= 0.3 is 0 Å². The fourth-order valence-corrected chi connectivity index (χ4v) is 4.22. The molecule has 0 amide bonds. The molecule has 0 radical (unpaired) electrons. The monoisotopic (exact) mass is 443 g/mol. The number of ether oxygens (including phenoxy) is 2. The summed E-state index contributed by atoms with van der Waals surface area (Å²) in [5.74, 6) is 8.37. The van der Waals surface area contributed by atoms with Crippen LogP contribution in [0.3, 0.4) is 0 Å². The molecule has 33 heavy (non-hydrogen) atoms. The van der Waals surface area contributed by atoms with Gasteiger partial charge in [0.1, 0.15) is 11.5 Å². The summed E-state index contributed by atoms with van der Waals surface area (Å²) in [4.78, 5) is 2.45. The highest BCUT2D eigenvalue weighted by Gasteiger charge is 2.18. The maximum absolute atomic E-state index is 7.00. The van der Waals surface area contributed by atoms with Crippen LogP contribution in [0.4, 0.5) is 0 Å². The highest BCUT2D eigenvalue weighted by molar-refractivity contribution is 5.70. The van der Waals surface area contributed by atoms with Crippen LogP contribution in [0.5, 0.6) is 11.5 Å². The zero-order valence-electron chi connectivity index (χ0n) is 20.0. The lowest BCUT2D eigenvalue weighted by Gasteiger charge is -2.19. The summed E-state index contributed by atoms with van der Waals surface area (Å²) in [6.07, 6.45) is 2.52. The Hall–Kier alpha value is -3.26. The van der Waals surface area contributed by atoms with Gasteiger partial charge in [-0.25, -0.2) is 0 Å². The first kappa shape index (κ1) is 24.4. The molecule has 1 aliphatic rings. The second kappa shape index (κ2) is 12.1. The number of likely N-dealkylation sites (tertiary alicyclic amines) is 1. The molecule has 0 spiro atoms. The molecule has 0 aromatic heterocycles. The molecule has 0 atom stereocenters. The molecule has 4 nitrogen and oxygen atoms in total. The van der Waals surface area contributed by atoms with Gasteiger partial charge in [0.2, 0.25) is 0 Å². The third-order valence-electron chi connectivity index (χ3n) is 5.95. The van der Waals surface area contributed by atoms with Gasteiger partial charge in [0, 0.05) is 24.8 Å². The summed E-state index contributed by atoms with van der Waals surface area (Å²) in [5.41, 5.74) is 6.62. The Balaban J connectivity index is 0.00000149. The Labute approximate surface area is 197 Å². The minimum Gasteiger partial charge on any atom is -0.496 e. The molecule has 1 heterocycles. The van der Waals surface area contributed by atoms with E-state index in [4.69, 9.17) is 14.6 Å². The summed E-state index contributed by atoms with van der Waals surface area (Å²) in [6.45, 7) is 5.24. The second-order valence-electron chi connectivity index (χ2n) is 7.94. The van der Waals surface area contributed by atoms with E-state index in [9.17, 15) is 0 Å². The third kappa shape index (κ3) is 5.96. The first-order chi connectivity index (χ1) is 16.2. The van der Waals surface area contributed by atoms with E-state index >= 15 is 0 Å². The first-order valence-corrected chi connectivity index (χ1v) is 11.3. The molecule has 0 saturated carbocycles. The van der Waals surface area contributed by atoms with Crippen molar-refractivity contribution in [3.8, 4) is 34.5 Å². The van der Waals surface area contributed by atoms with Crippen molar-refractivity contribution in [2.45, 2.75) is 26.3 Å². The molecule has 0 bridgehead atoms. The maximum atomic E-state index is 7.00. The lowest BCUT2D eigenvalue weighted by Crippen LogP contribution is -2.19. The van der Waals surface area contributed by atoms with Gasteiger partial charge in [-0.05, 0) is 67.7 Å². The average Bonchev–Trinajstić information content (AvgIpc) is 3.39. The molecule has 0 unspecified atom stereocenters. The van der Waals surface area contributed by atoms with E-state index in [1.165, 1.54) is 29.5 Å². The highest BCUT2D eigenvalue weighted by Crippen LogP contribution is 2.32. The van der Waals surface area contributed by atoms with Gasteiger partial charge in [-0.2, -0.15) is 0 Å². The molecular formula is C29H33NO3. The third-order valence-corrected chi connectivity index (χ3v) is 5.95. The minimum atomic E-state index is 0.838. The van der Waals surface area contributed by atoms with Gasteiger partial charge in [0.15, 0.2) is 0 Å². The Kier molecular flexibility index (Phi) is 8.95. The minimum absolute atomic E-state index is 0.838. The van der Waals surface area contributed by atoms with Crippen molar-refractivity contribution in [2.75, 3.05) is 34.4 Å². The van der Waals surface area contributed by atoms with Crippen LogP contribution in [0.2, 0.25) is 0 Å². The summed E-state index contributed by atoms with van der Waals surface area (Å²) in [7, 11) is 4.43. The van der Waals surface area contributed by atoms with Crippen LogP contribution in [0.1, 0.15) is 35.1 Å². The van der Waals surface area contributed by atoms with Crippen LogP contribution < -0.4 is 9.47 Å². The van der Waals surface area contributed by atoms with E-state index in [1.807, 2.05) is 18.2 Å². The van der Waals surface area contributed by atoms with E-state index in [0.29, 0.717) is 0 Å². The second-order valence-corrected chi connectivity index (χ2v) is 7.94. The van der Waals surface area contributed by atoms with Crippen molar-refractivity contribution in [1.82, 2.24) is 4.90 Å². The van der Waals surface area contributed by atoms with Gasteiger partial charge in [-0.15, -0.1) is 0 Å². The largest absolute Gasteiger partial charge is 0.496 e. The fourth-order valence-electron chi connectivity index (χ4n) is 4.22. The van der Waals surface area contributed by atoms with Crippen LogP contribution in [0.15, 0.2) is 60.7 Å². The predicted molar refractivity (Wildman–Crippen MR) is 135 cm³/mol. The van der Waals surface area contributed by atoms with Crippen LogP contribution in [0.25, 0.3) is 11.1 Å². The summed E-state index contributed by atoms with van der Waals surface area (Å²) in [6, 6.07) is 20.8. The average molecular weight is 444 g/mol. The van der Waals surface area contributed by atoms with Gasteiger partial charge < -0.3 is 14.6 Å². The fraction of sp³-hybridized carbons (Fsp3) is 0.310. The van der Waals surface area contributed by atoms with Crippen molar-refractivity contribution < 1.29 is 14.6 Å². The molecular weight excluding hydrogens is 410 g/mol. The topological polar surface area (TPSA) is 41.9 Å². The number of benzene rings is 3. The van der Waals surface area contributed by atoms with E-state index in [0.717, 1.165) is 54.9 Å². The van der Waals surface area contributed by atoms with E-state index < -0.39 is 0 Å². The SMILES string of the molecule is CO.COc1cc(C#Cc2cccc(-c3ccccc3)c2C)cc(OC)c1CN1CCCC1. The van der Waals surface area contributed by atoms with Crippen molar-refractivity contribution >= 4 is 0 Å². The zero-order chi connectivity index (χ0) is 23.6. The molecule has 0 aliphatic carbocycles. The number of aliphatic hydroxyl groups is 1. The van der Waals surface area contributed by atoms with Crippen molar-refractivity contribution in [2.24, 2.45) is 0 Å². The Bertz CT molecular complexity index is 1080. The van der Waals surface area contributed by atoms with Crippen molar-refractivity contribution in [1.29, 1.82) is 0 Å². The molecule has 172 valence electrons. The molecule has 1 fully saturated rings. The summed E-state index contributed by atoms with van der Waals surface area (Å²) < 4.78 is 11.4. The van der Waals surface area contributed by atoms with Crippen LogP contribution in [0, 0.1) is 18.8 Å². The number of rotatable bonds is 5. The number of aliphatic hydroxyl groups excluding tert-OH is 1. The van der Waals surface area contributed by atoms with Gasteiger partial charge in [0.25, 0.3) is 0 Å². The van der Waals surface area contributed by atoms with E-state index in [1.54, 1.807) is 14.2 Å². The van der Waals surface area contributed by atoms with Crippen LogP contribution >= 0.6 is 0 Å². The molecule has 4 rings (SSSR count). The quantitative estimate of drug-likeness (QED) is 0.545. The van der Waals surface area contributed by atoms with E-state index in [2.05, 4.69) is 66.1 Å². The lowest BCUT2D eigenvalue weighted by atomic mass is 9.96. The van der Waals surface area contributed by atoms with Gasteiger partial charge in [0.05, 0.1) is 19.8 Å². The molecule has 1 saturated heterocycles. The van der Waals surface area contributed by atoms with Crippen LogP contribution in [-0.2, 0) is 6.54 Å². The number of nitrogens with zero attached hydrogens (tertiary/aromatic N) is 1. The molecule has 1 N–H and O–H groups in total. The molecule has 3 aromatic rings. The normalized spacial score (nSPS) is 12.9. The Morgan fingerprint density at radius 2 is 1.48 bits per heavy atom. The molecule has 3 aromatic carbocycles. The molecule has 4 heteroatoms.